The van der Waals surface area contributed by atoms with Crippen LogP contribution in [0.3, 0.4) is 0 Å². The molecule has 0 unspecified atom stereocenters. The Bertz CT molecular complexity index is 730. The average molecular weight is 316 g/mol. The summed E-state index contributed by atoms with van der Waals surface area (Å²) in [6.07, 6.45) is 6.22. The van der Waals surface area contributed by atoms with Gasteiger partial charge in [-0.15, -0.1) is 0 Å². The molecule has 1 aliphatic heterocycles. The monoisotopic (exact) mass is 316 g/mol. The Labute approximate surface area is 133 Å². The summed E-state index contributed by atoms with van der Waals surface area (Å²) in [5, 5.41) is 6.87. The summed E-state index contributed by atoms with van der Waals surface area (Å²) in [5.41, 5.74) is 0.774. The lowest BCUT2D eigenvalue weighted by molar-refractivity contribution is 0.0996. The lowest BCUT2D eigenvalue weighted by Crippen LogP contribution is -2.37. The molecule has 0 bridgehead atoms. The van der Waals surface area contributed by atoms with E-state index < -0.39 is 0 Å². The highest BCUT2D eigenvalue weighted by Crippen LogP contribution is 2.24. The first-order chi connectivity index (χ1) is 11.2. The lowest BCUT2D eigenvalue weighted by atomic mass is 10.1. The van der Waals surface area contributed by atoms with Gasteiger partial charge in [-0.3, -0.25) is 9.59 Å². The van der Waals surface area contributed by atoms with E-state index in [9.17, 15) is 9.59 Å². The number of nitrogens with one attached hydrogen (secondary N) is 1. The van der Waals surface area contributed by atoms with Crippen molar-refractivity contribution in [3.8, 4) is 0 Å². The van der Waals surface area contributed by atoms with Crippen LogP contribution in [0.4, 0.5) is 11.4 Å². The van der Waals surface area contributed by atoms with Crippen molar-refractivity contribution in [1.82, 2.24) is 9.78 Å². The van der Waals surface area contributed by atoms with Gasteiger partial charge in [0.25, 0.3) is 11.5 Å². The summed E-state index contributed by atoms with van der Waals surface area (Å²) >= 11 is 0. The van der Waals surface area contributed by atoms with E-state index in [0.717, 1.165) is 32.4 Å². The Hall–Kier alpha value is -2.57. The molecule has 3 rings (SSSR count). The highest BCUT2D eigenvalue weighted by atomic mass is 16.3. The number of anilines is 2. The van der Waals surface area contributed by atoms with E-state index in [-0.39, 0.29) is 17.2 Å². The van der Waals surface area contributed by atoms with Crippen LogP contribution in [0.1, 0.15) is 36.7 Å². The first-order valence-corrected chi connectivity index (χ1v) is 7.90. The number of aromatic nitrogens is 2. The Kier molecular flexibility index (Phi) is 4.45. The van der Waals surface area contributed by atoms with Crippen molar-refractivity contribution in [1.29, 1.82) is 0 Å². The molecule has 2 aromatic rings. The number of hydrogen-bond donors (Lipinski definition) is 1. The predicted molar refractivity (Wildman–Crippen MR) is 86.9 cm³/mol. The third-order valence-corrected chi connectivity index (χ3v) is 3.98. The van der Waals surface area contributed by atoms with Crippen molar-refractivity contribution >= 4 is 17.3 Å². The molecule has 122 valence electrons. The zero-order valence-corrected chi connectivity index (χ0v) is 13.1. The molecule has 3 heterocycles. The third kappa shape index (κ3) is 3.13. The minimum Gasteiger partial charge on any atom is -0.459 e. The number of carbonyl (C=O) groups is 1. The second-order valence-corrected chi connectivity index (χ2v) is 5.51. The molecule has 1 saturated heterocycles. The standard InChI is InChI=1S/C16H20N4O3/c1-2-20-16(22)14(19-8-4-3-5-9-19)12(11-17-20)18-15(21)13-7-6-10-23-13/h6-7,10-11H,2-5,8-9H2,1H3,(H,18,21). The summed E-state index contributed by atoms with van der Waals surface area (Å²) in [7, 11) is 0. The van der Waals surface area contributed by atoms with Crippen LogP contribution in [0, 0.1) is 0 Å². The van der Waals surface area contributed by atoms with Crippen LogP contribution in [0.15, 0.2) is 33.8 Å². The molecule has 1 amide bonds. The second kappa shape index (κ2) is 6.68. The molecule has 2 aromatic heterocycles. The van der Waals surface area contributed by atoms with E-state index in [2.05, 4.69) is 10.4 Å². The maximum atomic E-state index is 12.7. The molecule has 23 heavy (non-hydrogen) atoms. The number of rotatable bonds is 4. The fraction of sp³-hybridized carbons (Fsp3) is 0.438. The van der Waals surface area contributed by atoms with Gasteiger partial charge >= 0.3 is 0 Å². The largest absolute Gasteiger partial charge is 0.459 e. The summed E-state index contributed by atoms with van der Waals surface area (Å²) in [6.45, 7) is 3.99. The van der Waals surface area contributed by atoms with Gasteiger partial charge in [0.1, 0.15) is 5.69 Å². The Balaban J connectivity index is 1.96. The number of amides is 1. The third-order valence-electron chi connectivity index (χ3n) is 3.98. The van der Waals surface area contributed by atoms with Gasteiger partial charge in [-0.2, -0.15) is 5.10 Å². The number of hydrogen-bond acceptors (Lipinski definition) is 5. The zero-order valence-electron chi connectivity index (χ0n) is 13.1. The minimum atomic E-state index is -0.385. The number of piperidine rings is 1. The number of carbonyl (C=O) groups excluding carboxylic acids is 1. The summed E-state index contributed by atoms with van der Waals surface area (Å²) in [6, 6.07) is 3.23. The smallest absolute Gasteiger partial charge is 0.292 e. The van der Waals surface area contributed by atoms with Gasteiger partial charge in [-0.05, 0) is 38.3 Å². The van der Waals surface area contributed by atoms with Gasteiger partial charge in [0.15, 0.2) is 5.76 Å². The fourth-order valence-corrected chi connectivity index (χ4v) is 2.81. The molecule has 1 aliphatic rings. The van der Waals surface area contributed by atoms with E-state index in [1.807, 2.05) is 11.8 Å². The zero-order chi connectivity index (χ0) is 16.2. The van der Waals surface area contributed by atoms with Crippen LogP contribution in [0.25, 0.3) is 0 Å². The van der Waals surface area contributed by atoms with Gasteiger partial charge in [0, 0.05) is 19.6 Å². The molecule has 0 saturated carbocycles. The van der Waals surface area contributed by atoms with Gasteiger partial charge in [-0.25, -0.2) is 4.68 Å². The van der Waals surface area contributed by atoms with Gasteiger partial charge in [0.2, 0.25) is 0 Å². The van der Waals surface area contributed by atoms with Crippen molar-refractivity contribution in [3.63, 3.8) is 0 Å². The van der Waals surface area contributed by atoms with E-state index in [0.29, 0.717) is 17.9 Å². The molecule has 0 spiro atoms. The molecular formula is C16H20N4O3. The van der Waals surface area contributed by atoms with Crippen LogP contribution < -0.4 is 15.8 Å². The molecule has 0 aromatic carbocycles. The van der Waals surface area contributed by atoms with Crippen LogP contribution in [0.5, 0.6) is 0 Å². The van der Waals surface area contributed by atoms with Crippen molar-refractivity contribution in [2.75, 3.05) is 23.3 Å². The van der Waals surface area contributed by atoms with E-state index in [4.69, 9.17) is 4.42 Å². The maximum absolute atomic E-state index is 12.7. The maximum Gasteiger partial charge on any atom is 0.292 e. The molecule has 0 atom stereocenters. The quantitative estimate of drug-likeness (QED) is 0.934. The topological polar surface area (TPSA) is 80.4 Å². The van der Waals surface area contributed by atoms with Crippen molar-refractivity contribution < 1.29 is 9.21 Å². The van der Waals surface area contributed by atoms with E-state index in [1.165, 1.54) is 17.1 Å². The van der Waals surface area contributed by atoms with Crippen molar-refractivity contribution in [2.24, 2.45) is 0 Å². The Morgan fingerprint density at radius 2 is 2.13 bits per heavy atom. The number of nitrogens with zero attached hydrogens (tertiary/aromatic N) is 3. The first kappa shape index (κ1) is 15.3. The summed E-state index contributed by atoms with van der Waals surface area (Å²) < 4.78 is 6.51. The van der Waals surface area contributed by atoms with Crippen LogP contribution in [-0.4, -0.2) is 28.8 Å². The molecule has 1 fully saturated rings. The molecule has 0 radical (unpaired) electrons. The number of furan rings is 1. The molecule has 7 nitrogen and oxygen atoms in total. The van der Waals surface area contributed by atoms with E-state index >= 15 is 0 Å². The van der Waals surface area contributed by atoms with Gasteiger partial charge in [-0.1, -0.05) is 0 Å². The Morgan fingerprint density at radius 3 is 2.78 bits per heavy atom. The highest BCUT2D eigenvalue weighted by molar-refractivity contribution is 6.03. The fourth-order valence-electron chi connectivity index (χ4n) is 2.81. The summed E-state index contributed by atoms with van der Waals surface area (Å²) in [4.78, 5) is 26.9. The lowest BCUT2D eigenvalue weighted by Gasteiger charge is -2.29. The molecular weight excluding hydrogens is 296 g/mol. The van der Waals surface area contributed by atoms with Crippen molar-refractivity contribution in [2.45, 2.75) is 32.7 Å². The molecule has 1 N–H and O–H groups in total. The van der Waals surface area contributed by atoms with E-state index in [1.54, 1.807) is 12.1 Å². The van der Waals surface area contributed by atoms with Crippen LogP contribution >= 0.6 is 0 Å². The molecule has 7 heteroatoms. The Morgan fingerprint density at radius 1 is 1.35 bits per heavy atom. The summed E-state index contributed by atoms with van der Waals surface area (Å²) in [5.74, 6) is -0.182. The molecule has 0 aliphatic carbocycles. The van der Waals surface area contributed by atoms with Crippen molar-refractivity contribution in [3.05, 3.63) is 40.7 Å². The second-order valence-electron chi connectivity index (χ2n) is 5.51. The van der Waals surface area contributed by atoms with Gasteiger partial charge in [0.05, 0.1) is 18.1 Å². The predicted octanol–water partition coefficient (Wildman–Crippen LogP) is 2.10. The minimum absolute atomic E-state index is 0.174. The van der Waals surface area contributed by atoms with Crippen LogP contribution in [-0.2, 0) is 6.54 Å². The van der Waals surface area contributed by atoms with Gasteiger partial charge < -0.3 is 14.6 Å². The first-order valence-electron chi connectivity index (χ1n) is 7.90. The average Bonchev–Trinajstić information content (AvgIpc) is 3.11. The van der Waals surface area contributed by atoms with Crippen LogP contribution in [0.2, 0.25) is 0 Å². The highest BCUT2D eigenvalue weighted by Gasteiger charge is 2.22. The SMILES string of the molecule is CCn1ncc(NC(=O)c2ccco2)c(N2CCCCC2)c1=O. The normalized spacial score (nSPS) is 14.7. The number of aryl methyl sites for hydroxylation is 1.